The van der Waals surface area contributed by atoms with Crippen LogP contribution < -0.4 is 0 Å². The van der Waals surface area contributed by atoms with Gasteiger partial charge in [-0.05, 0) is 26.2 Å². The van der Waals surface area contributed by atoms with Crippen molar-refractivity contribution < 1.29 is 19.1 Å². The molecule has 2 rings (SSSR count). The highest BCUT2D eigenvalue weighted by Gasteiger charge is 2.31. The molecule has 0 saturated carbocycles. The molecule has 0 atom stereocenters. The highest BCUT2D eigenvalue weighted by molar-refractivity contribution is 6.34. The number of carbonyl (C=O) groups is 3. The van der Waals surface area contributed by atoms with E-state index in [0.717, 1.165) is 19.3 Å². The Bertz CT molecular complexity index is 399. The quantitative estimate of drug-likeness (QED) is 0.653. The average molecular weight is 297 g/mol. The van der Waals surface area contributed by atoms with E-state index >= 15 is 0 Å². The molecule has 0 aliphatic carbocycles. The van der Waals surface area contributed by atoms with Gasteiger partial charge < -0.3 is 19.4 Å². The summed E-state index contributed by atoms with van der Waals surface area (Å²) in [4.78, 5) is 40.7. The SMILES string of the molecule is CCOC(=O)N1CCN(C(=O)C(=O)N2CCCCC2)CC1. The second-order valence-corrected chi connectivity index (χ2v) is 5.33. The van der Waals surface area contributed by atoms with Crippen molar-refractivity contribution in [3.8, 4) is 0 Å². The summed E-state index contributed by atoms with van der Waals surface area (Å²) in [7, 11) is 0. The van der Waals surface area contributed by atoms with Gasteiger partial charge in [-0.25, -0.2) is 4.79 Å². The first kappa shape index (κ1) is 15.6. The van der Waals surface area contributed by atoms with Crippen molar-refractivity contribution in [2.75, 3.05) is 45.9 Å². The number of piperidine rings is 1. The first-order chi connectivity index (χ1) is 10.1. The van der Waals surface area contributed by atoms with E-state index in [4.69, 9.17) is 4.74 Å². The van der Waals surface area contributed by atoms with Crippen LogP contribution >= 0.6 is 0 Å². The molecule has 0 aromatic carbocycles. The van der Waals surface area contributed by atoms with Crippen LogP contribution in [0.3, 0.4) is 0 Å². The van der Waals surface area contributed by atoms with Gasteiger partial charge in [0, 0.05) is 39.3 Å². The first-order valence-corrected chi connectivity index (χ1v) is 7.63. The molecule has 2 saturated heterocycles. The van der Waals surface area contributed by atoms with Crippen molar-refractivity contribution >= 4 is 17.9 Å². The first-order valence-electron chi connectivity index (χ1n) is 7.63. The zero-order valence-electron chi connectivity index (χ0n) is 12.5. The van der Waals surface area contributed by atoms with E-state index in [9.17, 15) is 14.4 Å². The van der Waals surface area contributed by atoms with Crippen LogP contribution in [0.2, 0.25) is 0 Å². The van der Waals surface area contributed by atoms with Crippen LogP contribution in [0.1, 0.15) is 26.2 Å². The van der Waals surface area contributed by atoms with Gasteiger partial charge in [-0.15, -0.1) is 0 Å². The molecule has 0 aromatic heterocycles. The van der Waals surface area contributed by atoms with E-state index in [1.807, 2.05) is 0 Å². The highest BCUT2D eigenvalue weighted by Crippen LogP contribution is 2.11. The Morgan fingerprint density at radius 3 is 1.76 bits per heavy atom. The molecule has 7 nitrogen and oxygen atoms in total. The molecule has 0 aromatic rings. The van der Waals surface area contributed by atoms with Crippen LogP contribution in [0.15, 0.2) is 0 Å². The molecular weight excluding hydrogens is 274 g/mol. The lowest BCUT2D eigenvalue weighted by Gasteiger charge is -2.35. The zero-order chi connectivity index (χ0) is 15.2. The monoisotopic (exact) mass is 297 g/mol. The Balaban J connectivity index is 1.82. The van der Waals surface area contributed by atoms with Crippen molar-refractivity contribution in [2.24, 2.45) is 0 Å². The molecule has 2 aliphatic rings. The lowest BCUT2D eigenvalue weighted by atomic mass is 10.1. The second kappa shape index (κ2) is 7.28. The Labute approximate surface area is 124 Å². The molecular formula is C14H23N3O4. The number of likely N-dealkylation sites (tertiary alicyclic amines) is 1. The molecule has 0 N–H and O–H groups in total. The molecule has 118 valence electrons. The number of rotatable bonds is 1. The molecule has 2 heterocycles. The molecule has 0 unspecified atom stereocenters. The fourth-order valence-corrected chi connectivity index (χ4v) is 2.67. The molecule has 21 heavy (non-hydrogen) atoms. The summed E-state index contributed by atoms with van der Waals surface area (Å²) in [5.41, 5.74) is 0. The number of carbonyl (C=O) groups excluding carboxylic acids is 3. The summed E-state index contributed by atoms with van der Waals surface area (Å²) in [5, 5.41) is 0. The predicted octanol–water partition coefficient (Wildman–Crippen LogP) is 0.300. The van der Waals surface area contributed by atoms with Crippen LogP contribution in [-0.2, 0) is 14.3 Å². The third kappa shape index (κ3) is 3.86. The van der Waals surface area contributed by atoms with Gasteiger partial charge in [0.1, 0.15) is 0 Å². The van der Waals surface area contributed by atoms with Crippen LogP contribution in [0.5, 0.6) is 0 Å². The summed E-state index contributed by atoms with van der Waals surface area (Å²) in [6, 6.07) is 0. The lowest BCUT2D eigenvalue weighted by Crippen LogP contribution is -2.54. The van der Waals surface area contributed by atoms with Gasteiger partial charge >= 0.3 is 17.9 Å². The van der Waals surface area contributed by atoms with Gasteiger partial charge in [0.25, 0.3) is 0 Å². The summed E-state index contributed by atoms with van der Waals surface area (Å²) < 4.78 is 4.93. The summed E-state index contributed by atoms with van der Waals surface area (Å²) >= 11 is 0. The Hall–Kier alpha value is -1.79. The molecule has 2 aliphatic heterocycles. The minimum atomic E-state index is -0.444. The van der Waals surface area contributed by atoms with Gasteiger partial charge in [-0.1, -0.05) is 0 Å². The van der Waals surface area contributed by atoms with Crippen LogP contribution in [0, 0.1) is 0 Å². The number of hydrogen-bond donors (Lipinski definition) is 0. The van der Waals surface area contributed by atoms with Gasteiger partial charge in [-0.2, -0.15) is 0 Å². The van der Waals surface area contributed by atoms with Crippen molar-refractivity contribution in [2.45, 2.75) is 26.2 Å². The van der Waals surface area contributed by atoms with E-state index < -0.39 is 11.8 Å². The zero-order valence-corrected chi connectivity index (χ0v) is 12.5. The molecule has 3 amide bonds. The van der Waals surface area contributed by atoms with Crippen molar-refractivity contribution in [3.63, 3.8) is 0 Å². The van der Waals surface area contributed by atoms with E-state index in [1.54, 1.807) is 16.7 Å². The van der Waals surface area contributed by atoms with Gasteiger partial charge in [0.15, 0.2) is 0 Å². The fraction of sp³-hybridized carbons (Fsp3) is 0.786. The van der Waals surface area contributed by atoms with E-state index in [2.05, 4.69) is 0 Å². The van der Waals surface area contributed by atoms with Gasteiger partial charge in [0.2, 0.25) is 0 Å². The van der Waals surface area contributed by atoms with E-state index in [0.29, 0.717) is 45.9 Å². The number of nitrogens with zero attached hydrogens (tertiary/aromatic N) is 3. The maximum Gasteiger partial charge on any atom is 0.409 e. The number of piperazine rings is 1. The topological polar surface area (TPSA) is 70.2 Å². The number of ether oxygens (including phenoxy) is 1. The van der Waals surface area contributed by atoms with Crippen LogP contribution in [0.4, 0.5) is 4.79 Å². The van der Waals surface area contributed by atoms with Crippen LogP contribution in [-0.4, -0.2) is 78.5 Å². The maximum atomic E-state index is 12.2. The largest absolute Gasteiger partial charge is 0.450 e. The smallest absolute Gasteiger partial charge is 0.409 e. The third-order valence-electron chi connectivity index (χ3n) is 3.92. The fourth-order valence-electron chi connectivity index (χ4n) is 2.67. The van der Waals surface area contributed by atoms with Gasteiger partial charge in [0.05, 0.1) is 6.61 Å². The standard InChI is InChI=1S/C14H23N3O4/c1-2-21-14(20)17-10-8-16(9-11-17)13(19)12(18)15-6-4-3-5-7-15/h2-11H2,1H3. The van der Waals surface area contributed by atoms with Crippen molar-refractivity contribution in [1.82, 2.24) is 14.7 Å². The molecule has 0 bridgehead atoms. The van der Waals surface area contributed by atoms with Crippen molar-refractivity contribution in [3.05, 3.63) is 0 Å². The molecule has 7 heteroatoms. The van der Waals surface area contributed by atoms with Gasteiger partial charge in [-0.3, -0.25) is 9.59 Å². The minimum Gasteiger partial charge on any atom is -0.450 e. The summed E-state index contributed by atoms with van der Waals surface area (Å²) in [6.07, 6.45) is 2.70. The second-order valence-electron chi connectivity index (χ2n) is 5.33. The number of amides is 3. The van der Waals surface area contributed by atoms with Crippen molar-refractivity contribution in [1.29, 1.82) is 0 Å². The average Bonchev–Trinajstić information content (AvgIpc) is 2.54. The highest BCUT2D eigenvalue weighted by atomic mass is 16.6. The molecule has 2 fully saturated rings. The Morgan fingerprint density at radius 1 is 0.762 bits per heavy atom. The summed E-state index contributed by atoms with van der Waals surface area (Å²) in [5.74, 6) is -0.848. The molecule has 0 radical (unpaired) electrons. The summed E-state index contributed by atoms with van der Waals surface area (Å²) in [6.45, 7) is 5.05. The van der Waals surface area contributed by atoms with E-state index in [-0.39, 0.29) is 6.09 Å². The third-order valence-corrected chi connectivity index (χ3v) is 3.92. The normalized spacial score (nSPS) is 19.4. The predicted molar refractivity (Wildman–Crippen MR) is 75.6 cm³/mol. The number of hydrogen-bond acceptors (Lipinski definition) is 4. The lowest BCUT2D eigenvalue weighted by molar-refractivity contribution is -0.153. The van der Waals surface area contributed by atoms with E-state index in [1.165, 1.54) is 4.90 Å². The molecule has 0 spiro atoms. The minimum absolute atomic E-state index is 0.339. The Morgan fingerprint density at radius 2 is 1.24 bits per heavy atom. The maximum absolute atomic E-state index is 12.2. The van der Waals surface area contributed by atoms with Crippen LogP contribution in [0.25, 0.3) is 0 Å². The Kier molecular flexibility index (Phi) is 5.41.